The topological polar surface area (TPSA) is 65.4 Å². The lowest BCUT2D eigenvalue weighted by Gasteiger charge is -2.50. The van der Waals surface area contributed by atoms with Gasteiger partial charge in [0.15, 0.2) is 6.10 Å². The number of nitriles is 1. The second-order valence-corrected chi connectivity index (χ2v) is 9.24. The van der Waals surface area contributed by atoms with E-state index in [1.807, 2.05) is 11.8 Å². The predicted molar refractivity (Wildman–Crippen MR) is 112 cm³/mol. The zero-order valence-electron chi connectivity index (χ0n) is 18.2. The van der Waals surface area contributed by atoms with Gasteiger partial charge in [0, 0.05) is 23.7 Å². The zero-order chi connectivity index (χ0) is 20.9. The van der Waals surface area contributed by atoms with E-state index in [1.54, 1.807) is 24.3 Å². The average molecular weight is 386 g/mol. The van der Waals surface area contributed by atoms with Crippen molar-refractivity contribution in [2.75, 3.05) is 6.54 Å². The third kappa shape index (κ3) is 5.97. The number of ether oxygens (including phenoxy) is 1. The van der Waals surface area contributed by atoms with E-state index in [-0.39, 0.29) is 23.0 Å². The van der Waals surface area contributed by atoms with Gasteiger partial charge in [-0.05, 0) is 78.1 Å². The number of benzene rings is 1. The summed E-state index contributed by atoms with van der Waals surface area (Å²) in [5.41, 5.74) is 0.540. The number of amides is 1. The Labute approximate surface area is 170 Å². The summed E-state index contributed by atoms with van der Waals surface area (Å²) >= 11 is 0. The Balaban J connectivity index is 2.16. The molecule has 0 spiro atoms. The number of unbranched alkanes of at least 4 members (excludes halogenated alkanes) is 1. The average Bonchev–Trinajstić information content (AvgIpc) is 2.59. The highest BCUT2D eigenvalue weighted by atomic mass is 16.5. The molecule has 28 heavy (non-hydrogen) atoms. The molecule has 0 saturated carbocycles. The van der Waals surface area contributed by atoms with E-state index in [0.717, 1.165) is 32.2 Å². The lowest BCUT2D eigenvalue weighted by molar-refractivity contribution is -0.142. The number of hydrogen-bond acceptors (Lipinski definition) is 4. The van der Waals surface area contributed by atoms with Crippen molar-refractivity contribution in [1.82, 2.24) is 10.2 Å². The van der Waals surface area contributed by atoms with Crippen LogP contribution in [0.1, 0.15) is 72.8 Å². The van der Waals surface area contributed by atoms with Gasteiger partial charge in [-0.2, -0.15) is 5.26 Å². The van der Waals surface area contributed by atoms with Crippen LogP contribution in [0, 0.1) is 11.3 Å². The maximum Gasteiger partial charge on any atom is 0.263 e. The van der Waals surface area contributed by atoms with Crippen molar-refractivity contribution in [3.63, 3.8) is 0 Å². The molecule has 1 N–H and O–H groups in total. The molecule has 5 heteroatoms. The fraction of sp³-hybridized carbons (Fsp3) is 0.652. The van der Waals surface area contributed by atoms with Gasteiger partial charge in [0.2, 0.25) is 0 Å². The lowest BCUT2D eigenvalue weighted by Crippen LogP contribution is -2.63. The van der Waals surface area contributed by atoms with Crippen LogP contribution in [-0.4, -0.2) is 40.6 Å². The molecule has 1 aromatic carbocycles. The molecule has 1 aliphatic rings. The third-order valence-electron chi connectivity index (χ3n) is 5.29. The summed E-state index contributed by atoms with van der Waals surface area (Å²) in [4.78, 5) is 15.4. The van der Waals surface area contributed by atoms with Crippen molar-refractivity contribution in [1.29, 1.82) is 5.26 Å². The number of nitrogens with zero attached hydrogens (tertiary/aromatic N) is 2. The van der Waals surface area contributed by atoms with Gasteiger partial charge in [0.25, 0.3) is 5.91 Å². The van der Waals surface area contributed by atoms with Crippen molar-refractivity contribution in [2.45, 2.75) is 90.4 Å². The smallest absolute Gasteiger partial charge is 0.263 e. The first-order valence-electron chi connectivity index (χ1n) is 10.3. The Bertz CT molecular complexity index is 688. The van der Waals surface area contributed by atoms with Crippen molar-refractivity contribution in [3.05, 3.63) is 29.8 Å². The summed E-state index contributed by atoms with van der Waals surface area (Å²) in [6.07, 6.45) is 3.32. The largest absolute Gasteiger partial charge is 0.481 e. The minimum Gasteiger partial charge on any atom is -0.481 e. The van der Waals surface area contributed by atoms with Crippen LogP contribution in [-0.2, 0) is 4.79 Å². The second-order valence-electron chi connectivity index (χ2n) is 9.24. The first-order valence-corrected chi connectivity index (χ1v) is 10.3. The van der Waals surface area contributed by atoms with Crippen molar-refractivity contribution in [2.24, 2.45) is 0 Å². The van der Waals surface area contributed by atoms with E-state index in [0.29, 0.717) is 11.3 Å². The van der Waals surface area contributed by atoms with Crippen LogP contribution < -0.4 is 10.1 Å². The number of rotatable bonds is 7. The van der Waals surface area contributed by atoms with Gasteiger partial charge < -0.3 is 15.0 Å². The van der Waals surface area contributed by atoms with E-state index >= 15 is 0 Å². The standard InChI is InChI=1S/C23H35N3O2/c1-7-8-13-26(19-14-22(3,4)25-23(5,6)15-19)21(27)17(2)28-20-11-9-18(16-24)10-12-20/h9-12,17,19,25H,7-8,13-15H2,1-6H3. The molecule has 1 fully saturated rings. The molecule has 1 saturated heterocycles. The Kier molecular flexibility index (Phi) is 7.11. The van der Waals surface area contributed by atoms with E-state index < -0.39 is 6.10 Å². The van der Waals surface area contributed by atoms with Gasteiger partial charge in [-0.25, -0.2) is 0 Å². The summed E-state index contributed by atoms with van der Waals surface area (Å²) in [5.74, 6) is 0.651. The highest BCUT2D eigenvalue weighted by Crippen LogP contribution is 2.32. The molecule has 1 aliphatic heterocycles. The molecule has 0 bridgehead atoms. The fourth-order valence-electron chi connectivity index (χ4n) is 4.39. The Morgan fingerprint density at radius 1 is 1.25 bits per heavy atom. The fourth-order valence-corrected chi connectivity index (χ4v) is 4.39. The summed E-state index contributed by atoms with van der Waals surface area (Å²) in [7, 11) is 0. The molecule has 5 nitrogen and oxygen atoms in total. The number of hydrogen-bond donors (Lipinski definition) is 1. The Hall–Kier alpha value is -2.06. The molecule has 1 aromatic rings. The predicted octanol–water partition coefficient (Wildman–Crippen LogP) is 4.26. The lowest BCUT2D eigenvalue weighted by atomic mass is 9.79. The van der Waals surface area contributed by atoms with E-state index in [2.05, 4.69) is 46.0 Å². The van der Waals surface area contributed by atoms with Gasteiger partial charge >= 0.3 is 0 Å². The summed E-state index contributed by atoms with van der Waals surface area (Å²) < 4.78 is 5.92. The van der Waals surface area contributed by atoms with Crippen molar-refractivity contribution >= 4 is 5.91 Å². The molecule has 1 unspecified atom stereocenters. The molecule has 2 rings (SSSR count). The van der Waals surface area contributed by atoms with Crippen LogP contribution >= 0.6 is 0 Å². The zero-order valence-corrected chi connectivity index (χ0v) is 18.2. The molecular weight excluding hydrogens is 350 g/mol. The monoisotopic (exact) mass is 385 g/mol. The van der Waals surface area contributed by atoms with Gasteiger partial charge in [0.05, 0.1) is 11.6 Å². The number of nitrogens with one attached hydrogen (secondary N) is 1. The first kappa shape index (κ1) is 22.2. The van der Waals surface area contributed by atoms with E-state index in [9.17, 15) is 4.79 Å². The van der Waals surface area contributed by atoms with Crippen LogP contribution in [0.5, 0.6) is 5.75 Å². The third-order valence-corrected chi connectivity index (χ3v) is 5.29. The molecular formula is C23H35N3O2. The first-order chi connectivity index (χ1) is 13.1. The maximum atomic E-state index is 13.3. The number of carbonyl (C=O) groups is 1. The SMILES string of the molecule is CCCCN(C(=O)C(C)Oc1ccc(C#N)cc1)C1CC(C)(C)NC(C)(C)C1. The van der Waals surface area contributed by atoms with Crippen LogP contribution in [0.25, 0.3) is 0 Å². The summed E-state index contributed by atoms with van der Waals surface area (Å²) in [6, 6.07) is 9.19. The van der Waals surface area contributed by atoms with E-state index in [1.165, 1.54) is 0 Å². The maximum absolute atomic E-state index is 13.3. The second kappa shape index (κ2) is 8.96. The Morgan fingerprint density at radius 3 is 2.32 bits per heavy atom. The molecule has 154 valence electrons. The Morgan fingerprint density at radius 2 is 1.82 bits per heavy atom. The van der Waals surface area contributed by atoms with Crippen LogP contribution in [0.4, 0.5) is 0 Å². The molecule has 0 aromatic heterocycles. The molecule has 1 heterocycles. The van der Waals surface area contributed by atoms with E-state index in [4.69, 9.17) is 10.00 Å². The highest BCUT2D eigenvalue weighted by Gasteiger charge is 2.41. The van der Waals surface area contributed by atoms with Gasteiger partial charge in [-0.15, -0.1) is 0 Å². The molecule has 1 amide bonds. The van der Waals surface area contributed by atoms with Crippen molar-refractivity contribution in [3.8, 4) is 11.8 Å². The minimum atomic E-state index is -0.564. The highest BCUT2D eigenvalue weighted by molar-refractivity contribution is 5.81. The number of carbonyl (C=O) groups excluding carboxylic acids is 1. The van der Waals surface area contributed by atoms with Gasteiger partial charge in [-0.1, -0.05) is 13.3 Å². The van der Waals surface area contributed by atoms with Crippen LogP contribution in [0.15, 0.2) is 24.3 Å². The van der Waals surface area contributed by atoms with Crippen LogP contribution in [0.3, 0.4) is 0 Å². The normalized spacial score (nSPS) is 19.5. The quantitative estimate of drug-likeness (QED) is 0.761. The van der Waals surface area contributed by atoms with Gasteiger partial charge in [0.1, 0.15) is 5.75 Å². The summed E-state index contributed by atoms with van der Waals surface area (Å²) in [6.45, 7) is 13.6. The molecule has 1 atom stereocenters. The van der Waals surface area contributed by atoms with Crippen LogP contribution in [0.2, 0.25) is 0 Å². The molecule has 0 radical (unpaired) electrons. The molecule has 0 aliphatic carbocycles. The van der Waals surface area contributed by atoms with Gasteiger partial charge in [-0.3, -0.25) is 4.79 Å². The van der Waals surface area contributed by atoms with Crippen molar-refractivity contribution < 1.29 is 9.53 Å². The minimum absolute atomic E-state index is 0.0195. The number of piperidine rings is 1. The summed E-state index contributed by atoms with van der Waals surface area (Å²) in [5, 5.41) is 12.6.